The van der Waals surface area contributed by atoms with Crippen LogP contribution in [0.2, 0.25) is 0 Å². The fraction of sp³-hybridized carbons (Fsp3) is 0.857. The van der Waals surface area contributed by atoms with Crippen LogP contribution in [0.15, 0.2) is 0 Å². The van der Waals surface area contributed by atoms with E-state index in [0.29, 0.717) is 12.4 Å². The maximum atomic E-state index is 10.2. The Morgan fingerprint density at radius 2 is 2.50 bits per heavy atom. The number of ether oxygens (including phenoxy) is 1. The molecule has 70 valence electrons. The molecule has 4 atom stereocenters. The predicted octanol–water partition coefficient (Wildman–Crippen LogP) is 1.25. The Kier molecular flexibility index (Phi) is 4.42. The molecule has 0 aromatic heterocycles. The van der Waals surface area contributed by atoms with Gasteiger partial charge in [-0.1, -0.05) is 15.9 Å². The standard InChI is InChI=1S/C7H15NO2P2/c1-2-6-3-8(12-11)4-7(6)10-5-9/h5-7,12H,2-4,11H2,1H3. The Morgan fingerprint density at radius 1 is 1.75 bits per heavy atom. The van der Waals surface area contributed by atoms with E-state index in [-0.39, 0.29) is 6.10 Å². The summed E-state index contributed by atoms with van der Waals surface area (Å²) in [7, 11) is 3.47. The van der Waals surface area contributed by atoms with Crippen LogP contribution in [0.5, 0.6) is 0 Å². The highest BCUT2D eigenvalue weighted by molar-refractivity contribution is 8.01. The molecule has 1 fully saturated rings. The summed E-state index contributed by atoms with van der Waals surface area (Å²) in [5, 5.41) is 0. The minimum absolute atomic E-state index is 0.126. The van der Waals surface area contributed by atoms with E-state index in [0.717, 1.165) is 27.9 Å². The minimum Gasteiger partial charge on any atom is -0.463 e. The van der Waals surface area contributed by atoms with E-state index < -0.39 is 0 Å². The topological polar surface area (TPSA) is 29.5 Å². The second-order valence-electron chi connectivity index (χ2n) is 2.97. The predicted molar refractivity (Wildman–Crippen MR) is 54.3 cm³/mol. The van der Waals surface area contributed by atoms with Crippen molar-refractivity contribution < 1.29 is 9.53 Å². The molecule has 0 aromatic carbocycles. The lowest BCUT2D eigenvalue weighted by molar-refractivity contribution is -0.134. The fourth-order valence-corrected chi connectivity index (χ4v) is 2.82. The molecule has 0 amide bonds. The van der Waals surface area contributed by atoms with Gasteiger partial charge in [0.1, 0.15) is 6.10 Å². The molecule has 1 heterocycles. The quantitative estimate of drug-likeness (QED) is 0.513. The van der Waals surface area contributed by atoms with Gasteiger partial charge in [-0.15, -0.1) is 0 Å². The second-order valence-corrected chi connectivity index (χ2v) is 4.64. The summed E-state index contributed by atoms with van der Waals surface area (Å²) in [4.78, 5) is 10.2. The molecule has 0 radical (unpaired) electrons. The van der Waals surface area contributed by atoms with E-state index in [9.17, 15) is 4.79 Å². The summed E-state index contributed by atoms with van der Waals surface area (Å²) in [5.41, 5.74) is 0. The van der Waals surface area contributed by atoms with Gasteiger partial charge in [0.2, 0.25) is 0 Å². The minimum atomic E-state index is 0.126. The molecule has 0 N–H and O–H groups in total. The maximum Gasteiger partial charge on any atom is 0.293 e. The van der Waals surface area contributed by atoms with Crippen molar-refractivity contribution in [1.29, 1.82) is 0 Å². The van der Waals surface area contributed by atoms with Gasteiger partial charge in [0.25, 0.3) is 6.47 Å². The molecule has 5 heteroatoms. The number of nitrogens with zero attached hydrogens (tertiary/aromatic N) is 1. The van der Waals surface area contributed by atoms with E-state index >= 15 is 0 Å². The molecule has 0 saturated carbocycles. The number of carbonyl (C=O) groups is 1. The first-order valence-electron chi connectivity index (χ1n) is 4.12. The number of rotatable bonds is 4. The largest absolute Gasteiger partial charge is 0.463 e. The Hall–Kier alpha value is 0.290. The van der Waals surface area contributed by atoms with Crippen molar-refractivity contribution in [1.82, 2.24) is 4.67 Å². The molecule has 1 aliphatic heterocycles. The summed E-state index contributed by atoms with van der Waals surface area (Å²) < 4.78 is 7.32. The second kappa shape index (κ2) is 5.11. The summed E-state index contributed by atoms with van der Waals surface area (Å²) in [6, 6.07) is 0. The zero-order valence-electron chi connectivity index (χ0n) is 7.19. The van der Waals surface area contributed by atoms with Gasteiger partial charge in [0, 0.05) is 19.0 Å². The monoisotopic (exact) mass is 207 g/mol. The highest BCUT2D eigenvalue weighted by atomic mass is 32.0. The number of hydrogen-bond acceptors (Lipinski definition) is 3. The van der Waals surface area contributed by atoms with E-state index in [1.165, 1.54) is 0 Å². The summed E-state index contributed by atoms with van der Waals surface area (Å²) in [6.45, 7) is 4.68. The van der Waals surface area contributed by atoms with Crippen LogP contribution in [0.4, 0.5) is 0 Å². The molecule has 1 saturated heterocycles. The molecule has 0 aliphatic carbocycles. The average Bonchev–Trinajstić information content (AvgIpc) is 2.48. The number of hydrogen-bond donors (Lipinski definition) is 0. The highest BCUT2D eigenvalue weighted by Gasteiger charge is 2.31. The Morgan fingerprint density at radius 3 is 3.00 bits per heavy atom. The summed E-state index contributed by atoms with van der Waals surface area (Å²) in [5.74, 6) is 0.531. The normalized spacial score (nSPS) is 31.5. The molecule has 12 heavy (non-hydrogen) atoms. The van der Waals surface area contributed by atoms with Crippen molar-refractivity contribution in [2.45, 2.75) is 19.4 Å². The lowest BCUT2D eigenvalue weighted by Crippen LogP contribution is -2.21. The highest BCUT2D eigenvalue weighted by Crippen LogP contribution is 2.34. The Balaban J connectivity index is 2.44. The van der Waals surface area contributed by atoms with Crippen molar-refractivity contribution >= 4 is 23.8 Å². The van der Waals surface area contributed by atoms with Crippen LogP contribution in [0, 0.1) is 5.92 Å². The molecular formula is C7H15NO2P2. The van der Waals surface area contributed by atoms with Gasteiger partial charge in [-0.05, 0) is 14.8 Å². The van der Waals surface area contributed by atoms with Gasteiger partial charge in [-0.25, -0.2) is 0 Å². The van der Waals surface area contributed by atoms with Crippen LogP contribution >= 0.6 is 17.3 Å². The van der Waals surface area contributed by atoms with E-state index in [1.807, 2.05) is 0 Å². The molecule has 0 spiro atoms. The van der Waals surface area contributed by atoms with E-state index in [4.69, 9.17) is 4.74 Å². The lowest BCUT2D eigenvalue weighted by Gasteiger charge is -2.13. The van der Waals surface area contributed by atoms with Gasteiger partial charge < -0.3 is 4.74 Å². The molecule has 4 unspecified atom stereocenters. The van der Waals surface area contributed by atoms with Gasteiger partial charge in [-0.3, -0.25) is 9.46 Å². The van der Waals surface area contributed by atoms with Gasteiger partial charge in [-0.2, -0.15) is 0 Å². The van der Waals surface area contributed by atoms with E-state index in [1.54, 1.807) is 0 Å². The zero-order chi connectivity index (χ0) is 8.97. The molecule has 3 nitrogen and oxygen atoms in total. The third-order valence-corrected chi connectivity index (χ3v) is 4.14. The summed E-state index contributed by atoms with van der Waals surface area (Å²) in [6.07, 6.45) is 1.21. The van der Waals surface area contributed by atoms with Crippen LogP contribution < -0.4 is 0 Å². The molecule has 1 aliphatic rings. The first kappa shape index (κ1) is 10.4. The summed E-state index contributed by atoms with van der Waals surface area (Å²) >= 11 is 0. The van der Waals surface area contributed by atoms with Crippen LogP contribution in [0.3, 0.4) is 0 Å². The molecule has 0 aromatic rings. The zero-order valence-corrected chi connectivity index (χ0v) is 9.35. The van der Waals surface area contributed by atoms with Crippen LogP contribution in [0.25, 0.3) is 0 Å². The van der Waals surface area contributed by atoms with Crippen LogP contribution in [-0.2, 0) is 9.53 Å². The van der Waals surface area contributed by atoms with Crippen LogP contribution in [0.1, 0.15) is 13.3 Å². The van der Waals surface area contributed by atoms with Gasteiger partial charge >= 0.3 is 0 Å². The van der Waals surface area contributed by atoms with Gasteiger partial charge in [0.05, 0.1) is 0 Å². The van der Waals surface area contributed by atoms with Gasteiger partial charge in [0.15, 0.2) is 0 Å². The van der Waals surface area contributed by atoms with Crippen molar-refractivity contribution in [2.75, 3.05) is 13.1 Å². The third-order valence-electron chi connectivity index (χ3n) is 2.32. The Labute approximate surface area is 77.2 Å². The molecule has 1 rings (SSSR count). The smallest absolute Gasteiger partial charge is 0.293 e. The van der Waals surface area contributed by atoms with Crippen molar-refractivity contribution in [3.8, 4) is 0 Å². The van der Waals surface area contributed by atoms with Crippen molar-refractivity contribution in [3.05, 3.63) is 0 Å². The van der Waals surface area contributed by atoms with Crippen molar-refractivity contribution in [2.24, 2.45) is 5.92 Å². The lowest BCUT2D eigenvalue weighted by atomic mass is 10.0. The third kappa shape index (κ3) is 2.39. The van der Waals surface area contributed by atoms with E-state index in [2.05, 4.69) is 20.5 Å². The maximum absolute atomic E-state index is 10.2. The molecule has 0 bridgehead atoms. The average molecular weight is 207 g/mol. The SMILES string of the molecule is CCC1CN(PP)CC1OC=O. The first-order valence-corrected chi connectivity index (χ1v) is 6.87. The molecular weight excluding hydrogens is 192 g/mol. The first-order chi connectivity index (χ1) is 5.81. The van der Waals surface area contributed by atoms with Crippen LogP contribution in [-0.4, -0.2) is 30.3 Å². The number of carbonyl (C=O) groups excluding carboxylic acids is 1. The Bertz CT molecular complexity index is 156. The fourth-order valence-electron chi connectivity index (χ4n) is 1.56. The van der Waals surface area contributed by atoms with Crippen molar-refractivity contribution in [3.63, 3.8) is 0 Å².